The molecular formula is C40H50ClN5O5S. The quantitative estimate of drug-likeness (QED) is 0.0439. The minimum Gasteiger partial charge on any atom is -0.469 e. The van der Waals surface area contributed by atoms with Crippen molar-refractivity contribution in [3.05, 3.63) is 85.1 Å². The molecule has 0 saturated carbocycles. The maximum atomic E-state index is 13.6. The first kappa shape index (κ1) is 41.9. The van der Waals surface area contributed by atoms with Crippen LogP contribution in [-0.2, 0) is 9.53 Å². The van der Waals surface area contributed by atoms with Crippen LogP contribution in [0.2, 0.25) is 5.02 Å². The zero-order valence-corrected chi connectivity index (χ0v) is 33.2. The number of benzene rings is 2. The van der Waals surface area contributed by atoms with Crippen molar-refractivity contribution >= 4 is 69.2 Å². The number of rotatable bonds is 18. The van der Waals surface area contributed by atoms with Crippen molar-refractivity contribution in [2.75, 3.05) is 25.5 Å². The number of halogens is 1. The first-order valence-corrected chi connectivity index (χ1v) is 18.7. The summed E-state index contributed by atoms with van der Waals surface area (Å²) in [6.07, 6.45) is 2.39. The third-order valence-electron chi connectivity index (χ3n) is 8.69. The Hall–Kier alpha value is -4.48. The molecule has 0 radical (unpaired) electrons. The zero-order valence-electron chi connectivity index (χ0n) is 31.6. The number of ether oxygens (including phenoxy) is 1. The van der Waals surface area contributed by atoms with Crippen molar-refractivity contribution in [2.24, 2.45) is 21.1 Å². The minimum atomic E-state index is -0.677. The average Bonchev–Trinajstić information content (AvgIpc) is 3.43. The van der Waals surface area contributed by atoms with Gasteiger partial charge in [-0.25, -0.2) is 0 Å². The van der Waals surface area contributed by atoms with Gasteiger partial charge in [0.1, 0.15) is 6.04 Å². The monoisotopic (exact) mass is 747 g/mol. The highest BCUT2D eigenvalue weighted by atomic mass is 35.5. The molecule has 1 heterocycles. The Balaban J connectivity index is 1.91. The Morgan fingerprint density at radius 2 is 1.63 bits per heavy atom. The number of ketones is 2. The van der Waals surface area contributed by atoms with E-state index in [1.807, 2.05) is 46.8 Å². The number of Topliss-reactive ketones (excluding diaryl/α,β-unsaturated/α-hetero) is 2. The lowest BCUT2D eigenvalue weighted by Crippen LogP contribution is -2.28. The second-order valence-corrected chi connectivity index (χ2v) is 14.4. The van der Waals surface area contributed by atoms with Gasteiger partial charge in [-0.1, -0.05) is 50.9 Å². The average molecular weight is 748 g/mol. The van der Waals surface area contributed by atoms with Crippen molar-refractivity contribution in [1.29, 1.82) is 0 Å². The van der Waals surface area contributed by atoms with Crippen LogP contribution in [0.15, 0.2) is 57.7 Å². The normalized spacial score (nSPS) is 13.4. The number of aryl methyl sites for hydroxylation is 1. The minimum absolute atomic E-state index is 0.0430. The molecule has 10 nitrogen and oxygen atoms in total. The van der Waals surface area contributed by atoms with Crippen LogP contribution < -0.4 is 10.6 Å². The number of amides is 1. The Bertz CT molecular complexity index is 1860. The van der Waals surface area contributed by atoms with Gasteiger partial charge in [0, 0.05) is 62.6 Å². The molecule has 3 aromatic rings. The van der Waals surface area contributed by atoms with Gasteiger partial charge in [0.15, 0.2) is 11.6 Å². The molecular weight excluding hydrogens is 698 g/mol. The molecule has 2 unspecified atom stereocenters. The van der Waals surface area contributed by atoms with Gasteiger partial charge in [-0.2, -0.15) is 10.2 Å². The first-order chi connectivity index (χ1) is 24.7. The molecule has 52 heavy (non-hydrogen) atoms. The molecule has 3 rings (SSSR count). The predicted molar refractivity (Wildman–Crippen MR) is 213 cm³/mol. The van der Waals surface area contributed by atoms with Gasteiger partial charge in [-0.15, -0.1) is 11.3 Å². The molecule has 12 heteroatoms. The molecule has 0 fully saturated rings. The number of carbonyl (C=O) groups excluding carboxylic acids is 4. The highest BCUT2D eigenvalue weighted by Gasteiger charge is 2.25. The van der Waals surface area contributed by atoms with E-state index in [1.54, 1.807) is 37.3 Å². The van der Waals surface area contributed by atoms with Gasteiger partial charge in [0.05, 0.1) is 29.8 Å². The van der Waals surface area contributed by atoms with E-state index in [0.29, 0.717) is 57.6 Å². The molecule has 0 aliphatic heterocycles. The van der Waals surface area contributed by atoms with Crippen LogP contribution in [-0.4, -0.2) is 66.8 Å². The molecule has 0 spiro atoms. The SMILES string of the molecule is CCC/C(C)=N\N=C(/C)C(CC(=O)OC)/N=C(/c1ccc(Cl)cc1)c1c(C)sc(C(=O)NCCNc2ccc(C(=O)C(C)CC)c(C(C)=O)c2)c1C. The molecule has 0 aliphatic rings. The molecule has 1 aromatic heterocycles. The smallest absolute Gasteiger partial charge is 0.308 e. The van der Waals surface area contributed by atoms with Crippen molar-refractivity contribution < 1.29 is 23.9 Å². The zero-order chi connectivity index (χ0) is 38.5. The van der Waals surface area contributed by atoms with Gasteiger partial charge >= 0.3 is 5.97 Å². The lowest BCUT2D eigenvalue weighted by Gasteiger charge is -2.16. The summed E-state index contributed by atoms with van der Waals surface area (Å²) in [4.78, 5) is 57.8. The second-order valence-electron chi connectivity index (χ2n) is 12.8. The molecule has 2 N–H and O–H groups in total. The van der Waals surface area contributed by atoms with Gasteiger partial charge in [-0.3, -0.25) is 24.2 Å². The summed E-state index contributed by atoms with van der Waals surface area (Å²) >= 11 is 7.61. The van der Waals surface area contributed by atoms with Gasteiger partial charge in [0.25, 0.3) is 5.91 Å². The largest absolute Gasteiger partial charge is 0.469 e. The molecule has 0 saturated heterocycles. The fourth-order valence-corrected chi connectivity index (χ4v) is 6.72. The van der Waals surface area contributed by atoms with Crippen LogP contribution in [0.5, 0.6) is 0 Å². The number of hydrogen-bond donors (Lipinski definition) is 2. The van der Waals surface area contributed by atoms with Crippen LogP contribution >= 0.6 is 22.9 Å². The van der Waals surface area contributed by atoms with Crippen LogP contribution in [0, 0.1) is 19.8 Å². The van der Waals surface area contributed by atoms with Crippen LogP contribution in [0.1, 0.15) is 119 Å². The molecule has 0 aliphatic carbocycles. The summed E-state index contributed by atoms with van der Waals surface area (Å²) in [6, 6.07) is 11.7. The van der Waals surface area contributed by atoms with E-state index >= 15 is 0 Å². The molecule has 2 aromatic carbocycles. The number of thiophene rings is 1. The highest BCUT2D eigenvalue weighted by Crippen LogP contribution is 2.31. The van der Waals surface area contributed by atoms with Gasteiger partial charge in [-0.05, 0) is 83.4 Å². The summed E-state index contributed by atoms with van der Waals surface area (Å²) in [5.74, 6) is -1.08. The number of esters is 1. The number of anilines is 1. The highest BCUT2D eigenvalue weighted by molar-refractivity contribution is 7.14. The van der Waals surface area contributed by atoms with Crippen LogP contribution in [0.3, 0.4) is 0 Å². The van der Waals surface area contributed by atoms with E-state index in [0.717, 1.165) is 40.1 Å². The van der Waals surface area contributed by atoms with E-state index in [2.05, 4.69) is 27.8 Å². The number of nitrogens with one attached hydrogen (secondary N) is 2. The lowest BCUT2D eigenvalue weighted by molar-refractivity contribution is -0.140. The number of methoxy groups -OCH3 is 1. The number of aliphatic imine (C=N–C) groups is 1. The summed E-state index contributed by atoms with van der Waals surface area (Å²) in [6.45, 7) is 15.6. The Labute approximate surface area is 316 Å². The molecule has 278 valence electrons. The van der Waals surface area contributed by atoms with Crippen LogP contribution in [0.4, 0.5) is 5.69 Å². The maximum Gasteiger partial charge on any atom is 0.308 e. The van der Waals surface area contributed by atoms with Crippen molar-refractivity contribution in [3.8, 4) is 0 Å². The molecule has 2 atom stereocenters. The van der Waals surface area contributed by atoms with E-state index in [4.69, 9.17) is 21.3 Å². The lowest BCUT2D eigenvalue weighted by atomic mass is 9.92. The maximum absolute atomic E-state index is 13.6. The molecule has 1 amide bonds. The fraction of sp³-hybridized carbons (Fsp3) is 0.425. The van der Waals surface area contributed by atoms with E-state index in [9.17, 15) is 19.2 Å². The third kappa shape index (κ3) is 11.3. The Morgan fingerprint density at radius 3 is 2.25 bits per heavy atom. The number of carbonyl (C=O) groups is 4. The fourth-order valence-electron chi connectivity index (χ4n) is 5.51. The number of nitrogens with zero attached hydrogens (tertiary/aromatic N) is 3. The summed E-state index contributed by atoms with van der Waals surface area (Å²) in [5.41, 5.74) is 5.81. The Kier molecular flexibility index (Phi) is 16.1. The third-order valence-corrected chi connectivity index (χ3v) is 10.2. The predicted octanol–water partition coefficient (Wildman–Crippen LogP) is 8.70. The standard InChI is InChI=1S/C40H50ClN5O5S/c1-10-12-24(4)45-46-26(6)34(22-35(48)51-9)44-37(29-13-15-30(41)16-14-29)36-25(5)39(52-28(36)8)40(50)43-20-19-42-31-17-18-32(33(21-31)27(7)47)38(49)23(3)11-2/h13-18,21,23,34,42H,10-12,19-20,22H2,1-9H3,(H,43,50)/b44-37-,45-24-,46-26+. The second kappa shape index (κ2) is 19.9. The van der Waals surface area contributed by atoms with E-state index in [-0.39, 0.29) is 29.8 Å². The molecule has 0 bridgehead atoms. The van der Waals surface area contributed by atoms with E-state index < -0.39 is 12.0 Å². The summed E-state index contributed by atoms with van der Waals surface area (Å²) in [5, 5.41) is 15.6. The van der Waals surface area contributed by atoms with Crippen molar-refractivity contribution in [2.45, 2.75) is 87.1 Å². The van der Waals surface area contributed by atoms with Gasteiger partial charge in [0.2, 0.25) is 0 Å². The number of hydrogen-bond acceptors (Lipinski definition) is 10. The van der Waals surface area contributed by atoms with Crippen molar-refractivity contribution in [1.82, 2.24) is 5.32 Å². The van der Waals surface area contributed by atoms with Crippen LogP contribution in [0.25, 0.3) is 0 Å². The first-order valence-electron chi connectivity index (χ1n) is 17.5. The Morgan fingerprint density at radius 1 is 0.942 bits per heavy atom. The van der Waals surface area contributed by atoms with Gasteiger partial charge < -0.3 is 15.4 Å². The summed E-state index contributed by atoms with van der Waals surface area (Å²) in [7, 11) is 1.34. The van der Waals surface area contributed by atoms with Crippen molar-refractivity contribution in [3.63, 3.8) is 0 Å². The van der Waals surface area contributed by atoms with E-state index in [1.165, 1.54) is 25.4 Å². The topological polar surface area (TPSA) is 139 Å². The summed E-state index contributed by atoms with van der Waals surface area (Å²) < 4.78 is 5.00.